The molecule has 0 N–H and O–H groups in total. The third-order valence-electron chi connectivity index (χ3n) is 2.58. The van der Waals surface area contributed by atoms with E-state index in [1.807, 2.05) is 6.07 Å². The Morgan fingerprint density at radius 1 is 1.31 bits per heavy atom. The molecule has 0 nitrogen and oxygen atoms in total. The molecule has 0 saturated heterocycles. The molecule has 1 aromatic rings. The summed E-state index contributed by atoms with van der Waals surface area (Å²) in [4.78, 5) is 0.622. The first-order chi connectivity index (χ1) is 7.63. The standard InChI is InChI=1S/C13H17Br2F/c1-2-4-11(14)6-3-5-10-7-8-12(16)9-13(10)15/h7-9,11H,2-6H2,1H3. The molecule has 0 radical (unpaired) electrons. The van der Waals surface area contributed by atoms with Crippen LogP contribution in [0.1, 0.15) is 38.2 Å². The van der Waals surface area contributed by atoms with E-state index >= 15 is 0 Å². The molecule has 0 heterocycles. The van der Waals surface area contributed by atoms with Crippen LogP contribution in [0.25, 0.3) is 0 Å². The monoisotopic (exact) mass is 350 g/mol. The highest BCUT2D eigenvalue weighted by molar-refractivity contribution is 9.10. The van der Waals surface area contributed by atoms with Gasteiger partial charge in [-0.3, -0.25) is 0 Å². The Labute approximate surface area is 114 Å². The molecule has 3 heteroatoms. The van der Waals surface area contributed by atoms with Crippen molar-refractivity contribution in [3.8, 4) is 0 Å². The van der Waals surface area contributed by atoms with Crippen LogP contribution >= 0.6 is 31.9 Å². The van der Waals surface area contributed by atoms with Gasteiger partial charge in [-0.2, -0.15) is 0 Å². The van der Waals surface area contributed by atoms with E-state index in [0.717, 1.165) is 17.3 Å². The molecule has 1 aromatic carbocycles. The largest absolute Gasteiger partial charge is 0.207 e. The van der Waals surface area contributed by atoms with Crippen molar-refractivity contribution in [2.75, 3.05) is 0 Å². The summed E-state index contributed by atoms with van der Waals surface area (Å²) < 4.78 is 13.7. The van der Waals surface area contributed by atoms with E-state index in [1.165, 1.54) is 37.0 Å². The minimum Gasteiger partial charge on any atom is -0.207 e. The number of benzene rings is 1. The normalized spacial score (nSPS) is 12.8. The lowest BCUT2D eigenvalue weighted by atomic mass is 10.1. The molecule has 90 valence electrons. The summed E-state index contributed by atoms with van der Waals surface area (Å²) in [7, 11) is 0. The average Bonchev–Trinajstić information content (AvgIpc) is 2.22. The first-order valence-electron chi connectivity index (χ1n) is 5.71. The third kappa shape index (κ3) is 4.96. The van der Waals surface area contributed by atoms with E-state index in [-0.39, 0.29) is 5.82 Å². The lowest BCUT2D eigenvalue weighted by Gasteiger charge is -2.08. The molecule has 0 saturated carbocycles. The SMILES string of the molecule is CCCC(Br)CCCc1ccc(F)cc1Br. The topological polar surface area (TPSA) is 0 Å². The van der Waals surface area contributed by atoms with E-state index in [9.17, 15) is 4.39 Å². The second kappa shape index (κ2) is 7.44. The summed E-state index contributed by atoms with van der Waals surface area (Å²) in [5.74, 6) is -0.181. The molecule has 1 rings (SSSR count). The van der Waals surface area contributed by atoms with Gasteiger partial charge in [-0.15, -0.1) is 0 Å². The van der Waals surface area contributed by atoms with Gasteiger partial charge in [0.2, 0.25) is 0 Å². The predicted molar refractivity (Wildman–Crippen MR) is 74.7 cm³/mol. The van der Waals surface area contributed by atoms with Crippen LogP contribution in [0.3, 0.4) is 0 Å². The average molecular weight is 352 g/mol. The Morgan fingerprint density at radius 3 is 2.69 bits per heavy atom. The van der Waals surface area contributed by atoms with Crippen LogP contribution in [0.4, 0.5) is 4.39 Å². The Hall–Kier alpha value is 0.110. The highest BCUT2D eigenvalue weighted by Crippen LogP contribution is 2.22. The van der Waals surface area contributed by atoms with E-state index in [4.69, 9.17) is 0 Å². The second-order valence-corrected chi connectivity index (χ2v) is 6.16. The summed E-state index contributed by atoms with van der Waals surface area (Å²) >= 11 is 7.06. The van der Waals surface area contributed by atoms with Crippen LogP contribution in [0.2, 0.25) is 0 Å². The fourth-order valence-electron chi connectivity index (χ4n) is 1.70. The lowest BCUT2D eigenvalue weighted by molar-refractivity contribution is 0.623. The van der Waals surface area contributed by atoms with E-state index in [1.54, 1.807) is 0 Å². The smallest absolute Gasteiger partial charge is 0.124 e. The first kappa shape index (κ1) is 14.2. The molecule has 1 unspecified atom stereocenters. The highest BCUT2D eigenvalue weighted by Gasteiger charge is 2.05. The van der Waals surface area contributed by atoms with Gasteiger partial charge in [0.25, 0.3) is 0 Å². The van der Waals surface area contributed by atoms with Gasteiger partial charge in [0.05, 0.1) is 0 Å². The zero-order chi connectivity index (χ0) is 12.0. The number of rotatable bonds is 6. The summed E-state index contributed by atoms with van der Waals surface area (Å²) in [6, 6.07) is 4.92. The van der Waals surface area contributed by atoms with Crippen molar-refractivity contribution in [1.29, 1.82) is 0 Å². The predicted octanol–water partition coefficient (Wildman–Crippen LogP) is 5.47. The molecule has 0 fully saturated rings. The van der Waals surface area contributed by atoms with Crippen molar-refractivity contribution in [2.24, 2.45) is 0 Å². The van der Waals surface area contributed by atoms with Gasteiger partial charge in [0.1, 0.15) is 5.82 Å². The zero-order valence-electron chi connectivity index (χ0n) is 9.48. The first-order valence-corrected chi connectivity index (χ1v) is 7.42. The number of aryl methyl sites for hydroxylation is 1. The van der Waals surface area contributed by atoms with Crippen molar-refractivity contribution in [1.82, 2.24) is 0 Å². The van der Waals surface area contributed by atoms with Gasteiger partial charge < -0.3 is 0 Å². The Morgan fingerprint density at radius 2 is 2.06 bits per heavy atom. The lowest BCUT2D eigenvalue weighted by Crippen LogP contribution is -1.98. The molecule has 16 heavy (non-hydrogen) atoms. The van der Waals surface area contributed by atoms with Gasteiger partial charge in [-0.25, -0.2) is 4.39 Å². The van der Waals surface area contributed by atoms with Gasteiger partial charge in [-0.05, 0) is 43.4 Å². The third-order valence-corrected chi connectivity index (χ3v) is 4.23. The molecule has 0 aromatic heterocycles. The molecule has 0 amide bonds. The number of alkyl halides is 1. The maximum atomic E-state index is 12.9. The number of hydrogen-bond donors (Lipinski definition) is 0. The van der Waals surface area contributed by atoms with Crippen LogP contribution < -0.4 is 0 Å². The van der Waals surface area contributed by atoms with E-state index < -0.39 is 0 Å². The van der Waals surface area contributed by atoms with Crippen LogP contribution in [-0.2, 0) is 6.42 Å². The Kier molecular flexibility index (Phi) is 6.59. The van der Waals surface area contributed by atoms with Gasteiger partial charge in [-0.1, -0.05) is 51.3 Å². The van der Waals surface area contributed by atoms with Crippen LogP contribution in [-0.4, -0.2) is 4.83 Å². The van der Waals surface area contributed by atoms with Crippen molar-refractivity contribution >= 4 is 31.9 Å². The minimum absolute atomic E-state index is 0.181. The molecular formula is C13H17Br2F. The fourth-order valence-corrected chi connectivity index (χ4v) is 3.03. The van der Waals surface area contributed by atoms with Gasteiger partial charge in [0.15, 0.2) is 0 Å². The Bertz CT molecular complexity index is 326. The van der Waals surface area contributed by atoms with Crippen molar-refractivity contribution in [3.05, 3.63) is 34.1 Å². The van der Waals surface area contributed by atoms with Crippen LogP contribution in [0.5, 0.6) is 0 Å². The van der Waals surface area contributed by atoms with Crippen molar-refractivity contribution in [3.63, 3.8) is 0 Å². The summed E-state index contributed by atoms with van der Waals surface area (Å²) in [5.41, 5.74) is 1.19. The Balaban J connectivity index is 2.37. The molecule has 0 aliphatic heterocycles. The van der Waals surface area contributed by atoms with E-state index in [0.29, 0.717) is 4.83 Å². The minimum atomic E-state index is -0.181. The maximum Gasteiger partial charge on any atom is 0.124 e. The quantitative estimate of drug-likeness (QED) is 0.595. The van der Waals surface area contributed by atoms with Gasteiger partial charge >= 0.3 is 0 Å². The molecule has 1 atom stereocenters. The van der Waals surface area contributed by atoms with Crippen LogP contribution in [0, 0.1) is 5.82 Å². The number of halogens is 3. The second-order valence-electron chi connectivity index (χ2n) is 4.01. The van der Waals surface area contributed by atoms with Crippen molar-refractivity contribution in [2.45, 2.75) is 43.9 Å². The van der Waals surface area contributed by atoms with E-state index in [2.05, 4.69) is 38.8 Å². The summed E-state index contributed by atoms with van der Waals surface area (Å²) in [6.45, 7) is 2.20. The molecule has 0 bridgehead atoms. The highest BCUT2D eigenvalue weighted by atomic mass is 79.9. The zero-order valence-corrected chi connectivity index (χ0v) is 12.7. The van der Waals surface area contributed by atoms with Gasteiger partial charge in [0, 0.05) is 9.30 Å². The molecule has 0 spiro atoms. The summed E-state index contributed by atoms with van der Waals surface area (Å²) in [5, 5.41) is 0. The molecule has 0 aliphatic rings. The number of hydrogen-bond acceptors (Lipinski definition) is 0. The molecule has 0 aliphatic carbocycles. The van der Waals surface area contributed by atoms with Crippen molar-refractivity contribution < 1.29 is 4.39 Å². The fraction of sp³-hybridized carbons (Fsp3) is 0.538. The molecular weight excluding hydrogens is 335 g/mol. The van der Waals surface area contributed by atoms with Crippen LogP contribution in [0.15, 0.2) is 22.7 Å². The maximum absolute atomic E-state index is 12.9. The summed E-state index contributed by atoms with van der Waals surface area (Å²) in [6.07, 6.45) is 5.77.